The second-order valence-corrected chi connectivity index (χ2v) is 2.55. The Morgan fingerprint density at radius 2 is 2.38 bits per heavy atom. The van der Waals surface area contributed by atoms with E-state index in [1.807, 2.05) is 0 Å². The van der Waals surface area contributed by atoms with Gasteiger partial charge in [0, 0.05) is 6.54 Å². The Bertz CT molecular complexity index is 239. The number of hydrogen-bond donors (Lipinski definition) is 1. The number of carboxylic acid groups (broad SMARTS) is 1. The van der Waals surface area contributed by atoms with Crippen molar-refractivity contribution in [2.75, 3.05) is 26.2 Å². The van der Waals surface area contributed by atoms with Gasteiger partial charge in [0.1, 0.15) is 6.54 Å². The predicted octanol–water partition coefficient (Wildman–Crippen LogP) is -1.04. The van der Waals surface area contributed by atoms with Crippen LogP contribution in [-0.2, 0) is 14.3 Å². The van der Waals surface area contributed by atoms with Crippen LogP contribution in [0.15, 0.2) is 4.99 Å². The molecule has 13 heavy (non-hydrogen) atoms. The van der Waals surface area contributed by atoms with Crippen molar-refractivity contribution >= 4 is 18.3 Å². The van der Waals surface area contributed by atoms with E-state index in [1.54, 1.807) is 11.2 Å². The molecule has 0 aromatic carbocycles. The molecular formula is C7H10N2O4. The highest BCUT2D eigenvalue weighted by Gasteiger charge is 2.12. The Morgan fingerprint density at radius 3 is 2.92 bits per heavy atom. The van der Waals surface area contributed by atoms with E-state index in [9.17, 15) is 9.59 Å². The molecule has 1 rings (SSSR count). The van der Waals surface area contributed by atoms with Crippen LogP contribution >= 0.6 is 0 Å². The maximum atomic E-state index is 10.9. The van der Waals surface area contributed by atoms with E-state index in [4.69, 9.17) is 5.11 Å². The van der Waals surface area contributed by atoms with Crippen LogP contribution in [-0.4, -0.2) is 54.5 Å². The number of carboxylic acids is 1. The molecule has 1 aliphatic rings. The molecule has 0 amide bonds. The molecule has 6 nitrogen and oxygen atoms in total. The first-order valence-corrected chi connectivity index (χ1v) is 3.80. The molecule has 0 radical (unpaired) electrons. The monoisotopic (exact) mass is 186 g/mol. The maximum Gasteiger partial charge on any atom is 0.341 e. The Hall–Kier alpha value is -1.59. The highest BCUT2D eigenvalue weighted by atomic mass is 16.5. The smallest absolute Gasteiger partial charge is 0.341 e. The minimum atomic E-state index is -1.15. The average Bonchev–Trinajstić information content (AvgIpc) is 2.53. The van der Waals surface area contributed by atoms with Gasteiger partial charge in [0.15, 0.2) is 6.61 Å². The number of nitrogens with zero attached hydrogens (tertiary/aromatic N) is 2. The fourth-order valence-electron chi connectivity index (χ4n) is 0.891. The first-order chi connectivity index (χ1) is 6.18. The van der Waals surface area contributed by atoms with Crippen LogP contribution in [0.3, 0.4) is 0 Å². The molecule has 1 heterocycles. The molecule has 0 aromatic heterocycles. The lowest BCUT2D eigenvalue weighted by Gasteiger charge is -2.11. The zero-order chi connectivity index (χ0) is 9.68. The number of rotatable bonds is 4. The summed E-state index contributed by atoms with van der Waals surface area (Å²) in [5.74, 6) is -1.70. The third-order valence-corrected chi connectivity index (χ3v) is 1.45. The molecule has 0 saturated carbocycles. The lowest BCUT2D eigenvalue weighted by Crippen LogP contribution is -2.29. The Balaban J connectivity index is 2.17. The second kappa shape index (κ2) is 4.44. The number of hydrogen-bond acceptors (Lipinski definition) is 5. The third-order valence-electron chi connectivity index (χ3n) is 1.45. The fourth-order valence-corrected chi connectivity index (χ4v) is 0.891. The van der Waals surface area contributed by atoms with Crippen molar-refractivity contribution in [3.05, 3.63) is 0 Å². The van der Waals surface area contributed by atoms with Gasteiger partial charge in [-0.15, -0.1) is 0 Å². The minimum absolute atomic E-state index is 0.0662. The van der Waals surface area contributed by atoms with Crippen molar-refractivity contribution in [3.63, 3.8) is 0 Å². The van der Waals surface area contributed by atoms with E-state index in [1.165, 1.54) is 0 Å². The van der Waals surface area contributed by atoms with Crippen LogP contribution < -0.4 is 0 Å². The fraction of sp³-hybridized carbons (Fsp3) is 0.571. The zero-order valence-corrected chi connectivity index (χ0v) is 6.97. The summed E-state index contributed by atoms with van der Waals surface area (Å²) in [6.45, 7) is 0.842. The quantitative estimate of drug-likeness (QED) is 0.567. The van der Waals surface area contributed by atoms with E-state index < -0.39 is 18.5 Å². The zero-order valence-electron chi connectivity index (χ0n) is 6.97. The molecule has 0 spiro atoms. The van der Waals surface area contributed by atoms with Crippen molar-refractivity contribution < 1.29 is 19.4 Å². The molecule has 0 aromatic rings. The minimum Gasteiger partial charge on any atom is -0.479 e. The predicted molar refractivity (Wildman–Crippen MR) is 43.5 cm³/mol. The summed E-state index contributed by atoms with van der Waals surface area (Å²) in [5.41, 5.74) is 0. The third kappa shape index (κ3) is 3.55. The van der Waals surface area contributed by atoms with Gasteiger partial charge in [-0.3, -0.25) is 9.79 Å². The van der Waals surface area contributed by atoms with Crippen LogP contribution in [0.5, 0.6) is 0 Å². The Morgan fingerprint density at radius 1 is 1.62 bits per heavy atom. The number of esters is 1. The van der Waals surface area contributed by atoms with Crippen LogP contribution in [0.1, 0.15) is 0 Å². The highest BCUT2D eigenvalue weighted by Crippen LogP contribution is 1.93. The van der Waals surface area contributed by atoms with E-state index >= 15 is 0 Å². The van der Waals surface area contributed by atoms with Gasteiger partial charge in [0.25, 0.3) is 0 Å². The maximum absolute atomic E-state index is 10.9. The van der Waals surface area contributed by atoms with Gasteiger partial charge >= 0.3 is 11.9 Å². The van der Waals surface area contributed by atoms with Gasteiger partial charge in [-0.1, -0.05) is 0 Å². The summed E-state index contributed by atoms with van der Waals surface area (Å²) in [6.07, 6.45) is 1.56. The molecule has 0 unspecified atom stereocenters. The summed E-state index contributed by atoms with van der Waals surface area (Å²) < 4.78 is 4.42. The summed E-state index contributed by atoms with van der Waals surface area (Å²) in [7, 11) is 0. The molecule has 0 aliphatic carbocycles. The van der Waals surface area contributed by atoms with Gasteiger partial charge in [-0.05, 0) is 0 Å². The van der Waals surface area contributed by atoms with Crippen molar-refractivity contribution in [2.24, 2.45) is 4.99 Å². The molecule has 72 valence electrons. The molecule has 0 bridgehead atoms. The van der Waals surface area contributed by atoms with Gasteiger partial charge in [0.2, 0.25) is 0 Å². The van der Waals surface area contributed by atoms with Gasteiger partial charge in [-0.2, -0.15) is 0 Å². The van der Waals surface area contributed by atoms with E-state index in [0.717, 1.165) is 0 Å². The number of aliphatic carboxylic acids is 1. The Labute approximate surface area is 74.8 Å². The first-order valence-electron chi connectivity index (χ1n) is 3.80. The standard InChI is InChI=1S/C7H10N2O4/c10-6(11)4-13-7(12)3-9-2-1-8-5-9/h5H,1-4H2,(H,10,11). The largest absolute Gasteiger partial charge is 0.479 e. The van der Waals surface area contributed by atoms with Crippen LogP contribution in [0.4, 0.5) is 0 Å². The molecular weight excluding hydrogens is 176 g/mol. The van der Waals surface area contributed by atoms with Crippen LogP contribution in [0.2, 0.25) is 0 Å². The molecule has 1 N–H and O–H groups in total. The number of ether oxygens (including phenoxy) is 1. The summed E-state index contributed by atoms with van der Waals surface area (Å²) in [5, 5.41) is 8.21. The van der Waals surface area contributed by atoms with Crippen LogP contribution in [0.25, 0.3) is 0 Å². The van der Waals surface area contributed by atoms with E-state index in [0.29, 0.717) is 13.1 Å². The Kier molecular flexibility index (Phi) is 3.24. The van der Waals surface area contributed by atoms with E-state index in [-0.39, 0.29) is 6.54 Å². The number of carbonyl (C=O) groups excluding carboxylic acids is 1. The molecule has 0 fully saturated rings. The van der Waals surface area contributed by atoms with Crippen molar-refractivity contribution in [1.29, 1.82) is 0 Å². The lowest BCUT2D eigenvalue weighted by molar-refractivity contribution is -0.155. The average molecular weight is 186 g/mol. The normalized spacial score (nSPS) is 14.6. The molecule has 0 atom stereocenters. The van der Waals surface area contributed by atoms with Crippen LogP contribution in [0, 0.1) is 0 Å². The van der Waals surface area contributed by atoms with Crippen molar-refractivity contribution in [1.82, 2.24) is 4.90 Å². The highest BCUT2D eigenvalue weighted by molar-refractivity contribution is 5.78. The van der Waals surface area contributed by atoms with Gasteiger partial charge < -0.3 is 14.7 Å². The molecule has 0 saturated heterocycles. The van der Waals surface area contributed by atoms with Crippen molar-refractivity contribution in [3.8, 4) is 0 Å². The number of carbonyl (C=O) groups is 2. The summed E-state index contributed by atoms with van der Waals surface area (Å²) in [4.78, 5) is 26.5. The lowest BCUT2D eigenvalue weighted by atomic mass is 10.5. The SMILES string of the molecule is O=C(O)COC(=O)CN1C=NCC1. The van der Waals surface area contributed by atoms with Crippen molar-refractivity contribution in [2.45, 2.75) is 0 Å². The summed E-state index contributed by atoms with van der Waals surface area (Å²) >= 11 is 0. The van der Waals surface area contributed by atoms with Gasteiger partial charge in [0.05, 0.1) is 12.9 Å². The summed E-state index contributed by atoms with van der Waals surface area (Å²) in [6, 6.07) is 0. The van der Waals surface area contributed by atoms with E-state index in [2.05, 4.69) is 9.73 Å². The van der Waals surface area contributed by atoms with Gasteiger partial charge in [-0.25, -0.2) is 4.79 Å². The molecule has 1 aliphatic heterocycles. The first kappa shape index (κ1) is 9.50. The topological polar surface area (TPSA) is 79.2 Å². The molecule has 6 heteroatoms. The second-order valence-electron chi connectivity index (χ2n) is 2.55. The number of aliphatic imine (C=N–C) groups is 1.